The van der Waals surface area contributed by atoms with Crippen LogP contribution in [0.25, 0.3) is 0 Å². The van der Waals surface area contributed by atoms with Crippen molar-refractivity contribution in [1.29, 1.82) is 0 Å². The Bertz CT molecular complexity index is 281. The Labute approximate surface area is 82.5 Å². The molecule has 0 aliphatic carbocycles. The highest BCUT2D eigenvalue weighted by atomic mass is 19.1. The summed E-state index contributed by atoms with van der Waals surface area (Å²) in [6.07, 6.45) is 1.45. The number of halogens is 1. The highest BCUT2D eigenvalue weighted by Crippen LogP contribution is 2.14. The molecule has 0 saturated carbocycles. The second-order valence-corrected chi connectivity index (χ2v) is 3.28. The van der Waals surface area contributed by atoms with E-state index in [1.807, 2.05) is 23.1 Å². The fourth-order valence-electron chi connectivity index (χ4n) is 1.56. The summed E-state index contributed by atoms with van der Waals surface area (Å²) in [7, 11) is 0. The first-order chi connectivity index (χ1) is 6.90. The van der Waals surface area contributed by atoms with Gasteiger partial charge in [-0.25, -0.2) is 9.37 Å². The minimum atomic E-state index is -0.427. The van der Waals surface area contributed by atoms with Crippen molar-refractivity contribution in [3.63, 3.8) is 0 Å². The van der Waals surface area contributed by atoms with Crippen molar-refractivity contribution in [2.24, 2.45) is 0 Å². The maximum Gasteiger partial charge on any atom is 0.128 e. The van der Waals surface area contributed by atoms with Gasteiger partial charge in [0, 0.05) is 19.3 Å². The van der Waals surface area contributed by atoms with E-state index in [0.717, 1.165) is 12.4 Å². The number of aromatic nitrogens is 1. The summed E-state index contributed by atoms with van der Waals surface area (Å²) >= 11 is 0. The zero-order valence-electron chi connectivity index (χ0n) is 7.90. The van der Waals surface area contributed by atoms with Crippen LogP contribution < -0.4 is 4.90 Å². The van der Waals surface area contributed by atoms with Gasteiger partial charge in [-0.1, -0.05) is 6.07 Å². The number of nitrogens with zero attached hydrogens (tertiary/aromatic N) is 2. The monoisotopic (exact) mass is 196 g/mol. The van der Waals surface area contributed by atoms with Crippen molar-refractivity contribution in [2.45, 2.75) is 6.10 Å². The molecular formula is C10H13FN2O. The van der Waals surface area contributed by atoms with Crippen LogP contribution >= 0.6 is 0 Å². The number of hydrogen-bond donors (Lipinski definition) is 0. The molecule has 14 heavy (non-hydrogen) atoms. The van der Waals surface area contributed by atoms with Gasteiger partial charge in [0.25, 0.3) is 0 Å². The molecule has 1 atom stereocenters. The summed E-state index contributed by atoms with van der Waals surface area (Å²) in [4.78, 5) is 6.27. The molecule has 1 aliphatic rings. The van der Waals surface area contributed by atoms with Gasteiger partial charge in [0.15, 0.2) is 0 Å². The maximum absolute atomic E-state index is 12.4. The topological polar surface area (TPSA) is 25.4 Å². The molecule has 0 bridgehead atoms. The minimum absolute atomic E-state index is 0.300. The van der Waals surface area contributed by atoms with Crippen LogP contribution in [-0.2, 0) is 4.74 Å². The zero-order chi connectivity index (χ0) is 9.80. The zero-order valence-corrected chi connectivity index (χ0v) is 7.90. The van der Waals surface area contributed by atoms with Crippen molar-refractivity contribution in [3.8, 4) is 0 Å². The SMILES string of the molecule is FC[C@H]1CN(c2ccccn2)CCO1. The fourth-order valence-corrected chi connectivity index (χ4v) is 1.56. The van der Waals surface area contributed by atoms with Gasteiger partial charge in [0.05, 0.1) is 6.61 Å². The van der Waals surface area contributed by atoms with Gasteiger partial charge < -0.3 is 9.64 Å². The number of rotatable bonds is 2. The van der Waals surface area contributed by atoms with Gasteiger partial charge in [-0.2, -0.15) is 0 Å². The number of pyridine rings is 1. The molecule has 0 N–H and O–H groups in total. The van der Waals surface area contributed by atoms with Crippen LogP contribution in [0.4, 0.5) is 10.2 Å². The number of anilines is 1. The van der Waals surface area contributed by atoms with Gasteiger partial charge in [-0.3, -0.25) is 0 Å². The van der Waals surface area contributed by atoms with Crippen molar-refractivity contribution in [2.75, 3.05) is 31.3 Å². The van der Waals surface area contributed by atoms with E-state index in [1.54, 1.807) is 6.20 Å². The normalized spacial score (nSPS) is 22.4. The molecule has 2 heterocycles. The van der Waals surface area contributed by atoms with Gasteiger partial charge >= 0.3 is 0 Å². The predicted molar refractivity (Wildman–Crippen MR) is 52.2 cm³/mol. The lowest BCUT2D eigenvalue weighted by Crippen LogP contribution is -2.43. The molecule has 0 aromatic carbocycles. The van der Waals surface area contributed by atoms with E-state index in [9.17, 15) is 4.39 Å². The first-order valence-corrected chi connectivity index (χ1v) is 4.73. The van der Waals surface area contributed by atoms with Crippen molar-refractivity contribution in [1.82, 2.24) is 4.98 Å². The van der Waals surface area contributed by atoms with Gasteiger partial charge in [0.1, 0.15) is 18.6 Å². The largest absolute Gasteiger partial charge is 0.372 e. The van der Waals surface area contributed by atoms with E-state index in [1.165, 1.54) is 0 Å². The Morgan fingerprint density at radius 1 is 1.57 bits per heavy atom. The summed E-state index contributed by atoms with van der Waals surface area (Å²) in [5.74, 6) is 0.897. The highest BCUT2D eigenvalue weighted by molar-refractivity contribution is 5.38. The molecule has 0 spiro atoms. The first kappa shape index (κ1) is 9.40. The van der Waals surface area contributed by atoms with Crippen molar-refractivity contribution >= 4 is 5.82 Å². The van der Waals surface area contributed by atoms with E-state index in [2.05, 4.69) is 4.98 Å². The maximum atomic E-state index is 12.4. The Balaban J connectivity index is 2.04. The molecule has 0 radical (unpaired) electrons. The van der Waals surface area contributed by atoms with E-state index < -0.39 is 6.67 Å². The van der Waals surface area contributed by atoms with Gasteiger partial charge in [-0.05, 0) is 12.1 Å². The minimum Gasteiger partial charge on any atom is -0.372 e. The summed E-state index contributed by atoms with van der Waals surface area (Å²) in [5, 5.41) is 0. The average molecular weight is 196 g/mol. The number of alkyl halides is 1. The average Bonchev–Trinajstić information content (AvgIpc) is 2.30. The number of morpholine rings is 1. The first-order valence-electron chi connectivity index (χ1n) is 4.73. The fraction of sp³-hybridized carbons (Fsp3) is 0.500. The molecule has 4 heteroatoms. The number of hydrogen-bond acceptors (Lipinski definition) is 3. The summed E-state index contributed by atoms with van der Waals surface area (Å²) in [6.45, 7) is 1.52. The van der Waals surface area contributed by atoms with Crippen LogP contribution in [0.1, 0.15) is 0 Å². The quantitative estimate of drug-likeness (QED) is 0.712. The lowest BCUT2D eigenvalue weighted by atomic mass is 10.3. The molecule has 1 aliphatic heterocycles. The number of ether oxygens (including phenoxy) is 1. The molecule has 0 unspecified atom stereocenters. The second kappa shape index (κ2) is 4.37. The van der Waals surface area contributed by atoms with E-state index in [4.69, 9.17) is 4.74 Å². The molecule has 1 fully saturated rings. The van der Waals surface area contributed by atoms with Crippen molar-refractivity contribution in [3.05, 3.63) is 24.4 Å². The van der Waals surface area contributed by atoms with Crippen LogP contribution in [0.15, 0.2) is 24.4 Å². The highest BCUT2D eigenvalue weighted by Gasteiger charge is 2.20. The summed E-state index contributed by atoms with van der Waals surface area (Å²) in [5.41, 5.74) is 0. The Morgan fingerprint density at radius 2 is 2.50 bits per heavy atom. The standard InChI is InChI=1S/C10H13FN2O/c11-7-9-8-13(5-6-14-9)10-3-1-2-4-12-10/h1-4,9H,5-8H2/t9-/m0/s1. The van der Waals surface area contributed by atoms with E-state index in [0.29, 0.717) is 13.2 Å². The van der Waals surface area contributed by atoms with Crippen LogP contribution in [-0.4, -0.2) is 37.5 Å². The van der Waals surface area contributed by atoms with Crippen LogP contribution in [0.2, 0.25) is 0 Å². The lowest BCUT2D eigenvalue weighted by Gasteiger charge is -2.32. The Hall–Kier alpha value is -1.16. The predicted octanol–water partition coefficient (Wildman–Crippen LogP) is 1.26. The molecule has 76 valence electrons. The van der Waals surface area contributed by atoms with Crippen molar-refractivity contribution < 1.29 is 9.13 Å². The van der Waals surface area contributed by atoms with Gasteiger partial charge in [-0.15, -0.1) is 0 Å². The lowest BCUT2D eigenvalue weighted by molar-refractivity contribution is 0.0245. The van der Waals surface area contributed by atoms with Crippen LogP contribution in [0.3, 0.4) is 0 Å². The summed E-state index contributed by atoms with van der Waals surface area (Å²) < 4.78 is 17.6. The molecule has 1 aromatic rings. The Morgan fingerprint density at radius 3 is 3.21 bits per heavy atom. The smallest absolute Gasteiger partial charge is 0.128 e. The third-order valence-electron chi connectivity index (χ3n) is 2.28. The molecule has 0 amide bonds. The molecule has 3 nitrogen and oxygen atoms in total. The third-order valence-corrected chi connectivity index (χ3v) is 2.28. The molecule has 1 saturated heterocycles. The van der Waals surface area contributed by atoms with Crippen LogP contribution in [0, 0.1) is 0 Å². The third kappa shape index (κ3) is 2.01. The molecule has 1 aromatic heterocycles. The summed E-state index contributed by atoms with van der Waals surface area (Å²) in [6, 6.07) is 5.74. The second-order valence-electron chi connectivity index (χ2n) is 3.28. The Kier molecular flexibility index (Phi) is 2.93. The molecular weight excluding hydrogens is 183 g/mol. The molecule has 2 rings (SSSR count). The van der Waals surface area contributed by atoms with E-state index in [-0.39, 0.29) is 6.10 Å². The van der Waals surface area contributed by atoms with Crippen LogP contribution in [0.5, 0.6) is 0 Å². The van der Waals surface area contributed by atoms with E-state index >= 15 is 0 Å². The van der Waals surface area contributed by atoms with Gasteiger partial charge in [0.2, 0.25) is 0 Å².